The van der Waals surface area contributed by atoms with E-state index < -0.39 is 48.3 Å². The van der Waals surface area contributed by atoms with E-state index in [0.29, 0.717) is 22.3 Å². The maximum absolute atomic E-state index is 10.3. The lowest BCUT2D eigenvalue weighted by molar-refractivity contribution is -0.147. The first-order valence-electron chi connectivity index (χ1n) is 13.1. The van der Waals surface area contributed by atoms with Crippen LogP contribution in [0.2, 0.25) is 0 Å². The first-order valence-corrected chi connectivity index (χ1v) is 16.3. The molecule has 0 heterocycles. The van der Waals surface area contributed by atoms with Crippen LogP contribution in [0.3, 0.4) is 0 Å². The Hall–Kier alpha value is -3.48. The fourth-order valence-electron chi connectivity index (χ4n) is 3.28. The van der Waals surface area contributed by atoms with E-state index in [0.717, 1.165) is 17.9 Å². The minimum atomic E-state index is -1.44. The number of carboxylic acid groups (broad SMARTS) is 4. The Labute approximate surface area is 307 Å². The molecular formula is C32H28Br4O12. The van der Waals surface area contributed by atoms with Crippen molar-refractivity contribution in [3.05, 3.63) is 137 Å². The Kier molecular flexibility index (Phi) is 19.0. The van der Waals surface area contributed by atoms with Gasteiger partial charge in [-0.2, -0.15) is 0 Å². The summed E-state index contributed by atoms with van der Waals surface area (Å²) in [5.41, 5.74) is 1.49. The van der Waals surface area contributed by atoms with E-state index >= 15 is 0 Å². The molecule has 0 aliphatic carbocycles. The maximum atomic E-state index is 10.3. The van der Waals surface area contributed by atoms with E-state index in [9.17, 15) is 19.2 Å². The van der Waals surface area contributed by atoms with E-state index in [1.54, 1.807) is 97.1 Å². The summed E-state index contributed by atoms with van der Waals surface area (Å²) in [5.74, 6) is -4.97. The summed E-state index contributed by atoms with van der Waals surface area (Å²) in [6.45, 7) is 0. The van der Waals surface area contributed by atoms with Gasteiger partial charge in [0.2, 0.25) is 0 Å². The summed E-state index contributed by atoms with van der Waals surface area (Å²) in [6, 6.07) is 26.2. The molecule has 12 nitrogen and oxygen atoms in total. The summed E-state index contributed by atoms with van der Waals surface area (Å²) in [7, 11) is 0. The van der Waals surface area contributed by atoms with E-state index in [1.165, 1.54) is 0 Å². The highest BCUT2D eigenvalue weighted by atomic mass is 79.9. The quantitative estimate of drug-likeness (QED) is 0.0979. The fourth-order valence-corrected chi connectivity index (χ4v) is 4.94. The number of rotatable bonds is 8. The van der Waals surface area contributed by atoms with Gasteiger partial charge in [-0.05, 0) is 70.8 Å². The van der Waals surface area contributed by atoms with Gasteiger partial charge in [0.25, 0.3) is 0 Å². The molecule has 4 aromatic rings. The summed E-state index contributed by atoms with van der Waals surface area (Å²) >= 11 is 12.7. The lowest BCUT2D eigenvalue weighted by Crippen LogP contribution is -2.09. The van der Waals surface area contributed by atoms with Gasteiger partial charge in [-0.15, -0.1) is 0 Å². The van der Waals surface area contributed by atoms with Crippen molar-refractivity contribution in [2.45, 2.75) is 24.4 Å². The van der Waals surface area contributed by atoms with E-state index in [4.69, 9.17) is 40.9 Å². The van der Waals surface area contributed by atoms with Gasteiger partial charge in [0, 0.05) is 17.9 Å². The van der Waals surface area contributed by atoms with Crippen molar-refractivity contribution in [1.29, 1.82) is 0 Å². The number of carboxylic acids is 4. The molecule has 0 saturated heterocycles. The van der Waals surface area contributed by atoms with Crippen LogP contribution in [0.15, 0.2) is 115 Å². The van der Waals surface area contributed by atoms with Crippen LogP contribution in [-0.4, -0.2) is 64.7 Å². The molecule has 0 radical (unpaired) electrons. The predicted octanol–water partition coefficient (Wildman–Crippen LogP) is 6.27. The van der Waals surface area contributed by atoms with E-state index in [2.05, 4.69) is 63.7 Å². The second kappa shape index (κ2) is 21.5. The molecule has 4 rings (SSSR count). The topological polar surface area (TPSA) is 230 Å². The largest absolute Gasteiger partial charge is 0.479 e. The van der Waals surface area contributed by atoms with Gasteiger partial charge in [0.15, 0.2) is 24.4 Å². The molecule has 0 fully saturated rings. The van der Waals surface area contributed by atoms with Gasteiger partial charge in [-0.3, -0.25) is 0 Å². The molecule has 48 heavy (non-hydrogen) atoms. The number of carbonyl (C=O) groups is 4. The van der Waals surface area contributed by atoms with Crippen molar-refractivity contribution >= 4 is 87.6 Å². The molecule has 8 N–H and O–H groups in total. The number of hydrogen-bond donors (Lipinski definition) is 8. The van der Waals surface area contributed by atoms with Gasteiger partial charge in [0.1, 0.15) is 0 Å². The van der Waals surface area contributed by atoms with E-state index in [-0.39, 0.29) is 0 Å². The van der Waals surface area contributed by atoms with Crippen LogP contribution in [0.5, 0.6) is 0 Å². The predicted molar refractivity (Wildman–Crippen MR) is 187 cm³/mol. The zero-order chi connectivity index (χ0) is 36.6. The third-order valence-corrected chi connectivity index (χ3v) is 7.57. The van der Waals surface area contributed by atoms with Crippen molar-refractivity contribution in [1.82, 2.24) is 0 Å². The fraction of sp³-hybridized carbons (Fsp3) is 0.125. The van der Waals surface area contributed by atoms with Crippen LogP contribution in [0.4, 0.5) is 0 Å². The molecule has 0 spiro atoms. The average Bonchev–Trinajstić information content (AvgIpc) is 3.04. The molecular weight excluding hydrogens is 896 g/mol. The number of benzene rings is 4. The summed E-state index contributed by atoms with van der Waals surface area (Å²) in [5, 5.41) is 70.3. The molecule has 0 aliphatic heterocycles. The van der Waals surface area contributed by atoms with Gasteiger partial charge >= 0.3 is 23.9 Å². The third kappa shape index (κ3) is 15.6. The second-order valence-corrected chi connectivity index (χ2v) is 12.8. The highest BCUT2D eigenvalue weighted by molar-refractivity contribution is 9.11. The standard InChI is InChI=1S/4C8H7BrO3/c4*9-6-3-1-2-5(4-6)7(10)8(11)12/h4*1-4,7,10H,(H,11,12)/t4*7-/m0000/s1. The molecule has 0 aliphatic rings. The Morgan fingerprint density at radius 2 is 0.542 bits per heavy atom. The molecule has 16 heteroatoms. The zero-order valence-electron chi connectivity index (χ0n) is 24.3. The first-order chi connectivity index (χ1) is 22.4. The van der Waals surface area contributed by atoms with Crippen LogP contribution >= 0.6 is 63.7 Å². The third-order valence-electron chi connectivity index (χ3n) is 5.59. The Morgan fingerprint density at radius 3 is 0.667 bits per heavy atom. The Bertz CT molecular complexity index is 1440. The number of halogens is 4. The van der Waals surface area contributed by atoms with Crippen LogP contribution in [0, 0.1) is 0 Å². The summed E-state index contributed by atoms with van der Waals surface area (Å²) < 4.78 is 3.00. The maximum Gasteiger partial charge on any atom is 0.337 e. The van der Waals surface area contributed by atoms with Crippen molar-refractivity contribution in [2.75, 3.05) is 0 Å². The van der Waals surface area contributed by atoms with Crippen LogP contribution in [-0.2, 0) is 19.2 Å². The van der Waals surface area contributed by atoms with Crippen LogP contribution < -0.4 is 0 Å². The molecule has 0 saturated carbocycles. The van der Waals surface area contributed by atoms with Gasteiger partial charge < -0.3 is 40.9 Å². The number of aliphatic hydroxyl groups is 4. The van der Waals surface area contributed by atoms with Crippen LogP contribution in [0.25, 0.3) is 0 Å². The van der Waals surface area contributed by atoms with Gasteiger partial charge in [-0.1, -0.05) is 112 Å². The average molecular weight is 924 g/mol. The molecule has 256 valence electrons. The minimum Gasteiger partial charge on any atom is -0.479 e. The second-order valence-electron chi connectivity index (χ2n) is 9.18. The highest BCUT2D eigenvalue weighted by Gasteiger charge is 2.17. The first kappa shape index (κ1) is 42.5. The Morgan fingerprint density at radius 1 is 0.375 bits per heavy atom. The minimum absolute atomic E-state index is 0.372. The smallest absolute Gasteiger partial charge is 0.337 e. The molecule has 0 amide bonds. The summed E-state index contributed by atoms with van der Waals surface area (Å²) in [6.07, 6.45) is -5.77. The summed E-state index contributed by atoms with van der Waals surface area (Å²) in [4.78, 5) is 41.4. The van der Waals surface area contributed by atoms with Crippen LogP contribution in [0.1, 0.15) is 46.7 Å². The lowest BCUT2D eigenvalue weighted by Gasteiger charge is -2.04. The van der Waals surface area contributed by atoms with Crippen molar-refractivity contribution in [3.8, 4) is 0 Å². The number of aliphatic hydroxyl groups excluding tert-OH is 4. The molecule has 4 aromatic carbocycles. The molecule has 0 bridgehead atoms. The number of aliphatic carboxylic acids is 4. The Balaban J connectivity index is 0.000000320. The van der Waals surface area contributed by atoms with E-state index in [1.807, 2.05) is 0 Å². The van der Waals surface area contributed by atoms with Gasteiger partial charge in [0.05, 0.1) is 0 Å². The monoisotopic (exact) mass is 920 g/mol. The van der Waals surface area contributed by atoms with Gasteiger partial charge in [-0.25, -0.2) is 19.2 Å². The highest BCUT2D eigenvalue weighted by Crippen LogP contribution is 2.20. The number of hydrogen-bond acceptors (Lipinski definition) is 8. The molecule has 0 aromatic heterocycles. The normalized spacial score (nSPS) is 12.5. The van der Waals surface area contributed by atoms with Crippen molar-refractivity contribution < 1.29 is 60.0 Å². The molecule has 0 unspecified atom stereocenters. The zero-order valence-corrected chi connectivity index (χ0v) is 30.6. The lowest BCUT2D eigenvalue weighted by atomic mass is 10.1. The van der Waals surface area contributed by atoms with Crippen molar-refractivity contribution in [3.63, 3.8) is 0 Å². The SMILES string of the molecule is O=C(O)[C@@H](O)c1cccc(Br)c1.O=C(O)[C@@H](O)c1cccc(Br)c1.O=C(O)[C@@H](O)c1cccc(Br)c1.O=C(O)[C@@H](O)c1cccc(Br)c1. The molecule has 4 atom stereocenters. The van der Waals surface area contributed by atoms with Crippen molar-refractivity contribution in [2.24, 2.45) is 0 Å².